The van der Waals surface area contributed by atoms with Gasteiger partial charge >= 0.3 is 0 Å². The molecule has 11 heavy (non-hydrogen) atoms. The topological polar surface area (TPSA) is 0 Å². The van der Waals surface area contributed by atoms with E-state index in [0.29, 0.717) is 4.75 Å². The van der Waals surface area contributed by atoms with Gasteiger partial charge in [0.2, 0.25) is 0 Å². The fourth-order valence-corrected chi connectivity index (χ4v) is 4.82. The van der Waals surface area contributed by atoms with Crippen LogP contribution < -0.4 is 0 Å². The first kappa shape index (κ1) is 6.82. The molecule has 3 fully saturated rings. The minimum Gasteiger partial charge on any atom is -0.171 e. The smallest absolute Gasteiger partial charge is 0.0253 e. The Morgan fingerprint density at radius 1 is 1.09 bits per heavy atom. The van der Waals surface area contributed by atoms with Gasteiger partial charge in [-0.25, -0.2) is 0 Å². The molecule has 0 amide bonds. The van der Waals surface area contributed by atoms with Crippen molar-refractivity contribution in [3.05, 3.63) is 0 Å². The lowest BCUT2D eigenvalue weighted by Crippen LogP contribution is -2.03. The Bertz CT molecular complexity index is 193. The fourth-order valence-electron chi connectivity index (χ4n) is 3.78. The molecule has 0 bridgehead atoms. The molecule has 3 aliphatic rings. The fraction of sp³-hybridized carbons (Fsp3) is 1.00. The minimum atomic E-state index is 0.509. The quantitative estimate of drug-likeness (QED) is 0.602. The lowest BCUT2D eigenvalue weighted by atomic mass is 10.1. The number of fused-ring (bicyclic) bond motifs is 1. The first-order valence-electron chi connectivity index (χ1n) is 4.95. The van der Waals surface area contributed by atoms with Gasteiger partial charge in [0.1, 0.15) is 0 Å². The van der Waals surface area contributed by atoms with Crippen LogP contribution in [0, 0.1) is 10.8 Å². The molecule has 2 spiro atoms. The van der Waals surface area contributed by atoms with Crippen LogP contribution in [0.1, 0.15) is 45.4 Å². The lowest BCUT2D eigenvalue weighted by molar-refractivity contribution is 0.670. The molecule has 0 heterocycles. The molecule has 0 radical (unpaired) electrons. The van der Waals surface area contributed by atoms with Gasteiger partial charge in [0.05, 0.1) is 0 Å². The lowest BCUT2D eigenvalue weighted by Gasteiger charge is -2.07. The third-order valence-corrected chi connectivity index (χ3v) is 5.63. The van der Waals surface area contributed by atoms with Gasteiger partial charge in [-0.2, -0.15) is 12.6 Å². The van der Waals surface area contributed by atoms with Gasteiger partial charge < -0.3 is 0 Å². The second kappa shape index (κ2) is 1.53. The van der Waals surface area contributed by atoms with Gasteiger partial charge in [0.25, 0.3) is 0 Å². The third-order valence-electron chi connectivity index (χ3n) is 4.55. The summed E-state index contributed by atoms with van der Waals surface area (Å²) < 4.78 is 0.509. The molecule has 0 aromatic carbocycles. The van der Waals surface area contributed by atoms with E-state index in [9.17, 15) is 0 Å². The number of thiol groups is 1. The van der Waals surface area contributed by atoms with Gasteiger partial charge in [0, 0.05) is 4.75 Å². The Morgan fingerprint density at radius 2 is 1.55 bits per heavy atom. The van der Waals surface area contributed by atoms with Crippen molar-refractivity contribution >= 4 is 12.6 Å². The summed E-state index contributed by atoms with van der Waals surface area (Å²) in [7, 11) is 0. The molecule has 0 atom stereocenters. The van der Waals surface area contributed by atoms with Crippen LogP contribution in [-0.2, 0) is 0 Å². The van der Waals surface area contributed by atoms with Gasteiger partial charge in [0.15, 0.2) is 0 Å². The number of hydrogen-bond acceptors (Lipinski definition) is 1. The van der Waals surface area contributed by atoms with Gasteiger partial charge in [-0.1, -0.05) is 13.3 Å². The summed E-state index contributed by atoms with van der Waals surface area (Å²) in [5, 5.41) is 0. The van der Waals surface area contributed by atoms with Crippen molar-refractivity contribution in [2.24, 2.45) is 10.8 Å². The van der Waals surface area contributed by atoms with Crippen LogP contribution in [0.3, 0.4) is 0 Å². The van der Waals surface area contributed by atoms with Gasteiger partial charge in [-0.15, -0.1) is 0 Å². The highest BCUT2D eigenvalue weighted by Crippen LogP contribution is 2.97. The molecule has 0 aromatic rings. The molecule has 0 N–H and O–H groups in total. The first-order valence-corrected chi connectivity index (χ1v) is 5.40. The summed E-state index contributed by atoms with van der Waals surface area (Å²) in [6.07, 6.45) is 8.68. The van der Waals surface area contributed by atoms with E-state index >= 15 is 0 Å². The van der Waals surface area contributed by atoms with E-state index in [1.54, 1.807) is 0 Å². The second-order valence-electron chi connectivity index (χ2n) is 4.77. The van der Waals surface area contributed by atoms with Crippen molar-refractivity contribution in [2.75, 3.05) is 0 Å². The molecule has 0 unspecified atom stereocenters. The Balaban J connectivity index is 1.90. The Hall–Kier alpha value is 0.350. The van der Waals surface area contributed by atoms with Crippen LogP contribution in [-0.4, -0.2) is 4.75 Å². The minimum absolute atomic E-state index is 0.509. The standard InChI is InChI=1S/C10H16S/c1-2-3-10(11)8(4-5-8)9(10)6-7-9/h11H,2-7H2,1H3. The predicted molar refractivity (Wildman–Crippen MR) is 50.0 cm³/mol. The summed E-state index contributed by atoms with van der Waals surface area (Å²) in [6, 6.07) is 0. The monoisotopic (exact) mass is 168 g/mol. The van der Waals surface area contributed by atoms with Crippen LogP contribution in [0.2, 0.25) is 0 Å². The SMILES string of the molecule is CCCC1(S)C2(CC2)C12CC2. The molecule has 0 nitrogen and oxygen atoms in total. The van der Waals surface area contributed by atoms with Crippen molar-refractivity contribution in [3.63, 3.8) is 0 Å². The van der Waals surface area contributed by atoms with E-state index in [2.05, 4.69) is 6.92 Å². The van der Waals surface area contributed by atoms with E-state index in [4.69, 9.17) is 12.6 Å². The third kappa shape index (κ3) is 0.466. The highest BCUT2D eigenvalue weighted by molar-refractivity contribution is 7.82. The Labute approximate surface area is 74.2 Å². The normalized spacial score (nSPS) is 46.4. The zero-order valence-electron chi connectivity index (χ0n) is 7.19. The summed E-state index contributed by atoms with van der Waals surface area (Å²) in [4.78, 5) is 0. The molecule has 0 aliphatic heterocycles. The van der Waals surface area contributed by atoms with Crippen molar-refractivity contribution < 1.29 is 0 Å². The predicted octanol–water partition coefficient (Wildman–Crippen LogP) is 3.03. The van der Waals surface area contributed by atoms with Crippen LogP contribution in [0.25, 0.3) is 0 Å². The Morgan fingerprint density at radius 3 is 1.82 bits per heavy atom. The van der Waals surface area contributed by atoms with E-state index in [1.165, 1.54) is 38.5 Å². The summed E-state index contributed by atoms with van der Waals surface area (Å²) in [5.41, 5.74) is 1.55. The number of rotatable bonds is 2. The largest absolute Gasteiger partial charge is 0.171 e. The molecule has 62 valence electrons. The maximum atomic E-state index is 4.93. The highest BCUT2D eigenvalue weighted by Gasteiger charge is 2.93. The molecule has 1 heteroatoms. The van der Waals surface area contributed by atoms with Crippen LogP contribution in [0.4, 0.5) is 0 Å². The molecule has 3 aliphatic carbocycles. The van der Waals surface area contributed by atoms with Crippen LogP contribution >= 0.6 is 12.6 Å². The van der Waals surface area contributed by atoms with E-state index in [0.717, 1.165) is 10.8 Å². The zero-order chi connectivity index (χ0) is 7.74. The summed E-state index contributed by atoms with van der Waals surface area (Å²) in [6.45, 7) is 2.29. The van der Waals surface area contributed by atoms with Gasteiger partial charge in [-0.05, 0) is 42.9 Å². The van der Waals surface area contributed by atoms with E-state index in [-0.39, 0.29) is 0 Å². The van der Waals surface area contributed by atoms with Crippen molar-refractivity contribution in [2.45, 2.75) is 50.2 Å². The van der Waals surface area contributed by atoms with Crippen LogP contribution in [0.5, 0.6) is 0 Å². The maximum Gasteiger partial charge on any atom is 0.0253 e. The number of hydrogen-bond donors (Lipinski definition) is 1. The van der Waals surface area contributed by atoms with Crippen molar-refractivity contribution in [3.8, 4) is 0 Å². The summed E-state index contributed by atoms with van der Waals surface area (Å²) >= 11 is 4.93. The molecule has 3 saturated carbocycles. The maximum absolute atomic E-state index is 4.93. The average molecular weight is 168 g/mol. The summed E-state index contributed by atoms with van der Waals surface area (Å²) in [5.74, 6) is 0. The average Bonchev–Trinajstić information content (AvgIpc) is 2.83. The molecular weight excluding hydrogens is 152 g/mol. The second-order valence-corrected chi connectivity index (χ2v) is 5.54. The van der Waals surface area contributed by atoms with Crippen LogP contribution in [0.15, 0.2) is 0 Å². The van der Waals surface area contributed by atoms with Crippen molar-refractivity contribution in [1.82, 2.24) is 0 Å². The van der Waals surface area contributed by atoms with E-state index < -0.39 is 0 Å². The molecule has 0 saturated heterocycles. The highest BCUT2D eigenvalue weighted by atomic mass is 32.1. The van der Waals surface area contributed by atoms with E-state index in [1.807, 2.05) is 0 Å². The zero-order valence-corrected chi connectivity index (χ0v) is 8.08. The Kier molecular flexibility index (Phi) is 0.946. The van der Waals surface area contributed by atoms with Crippen molar-refractivity contribution in [1.29, 1.82) is 0 Å². The van der Waals surface area contributed by atoms with Gasteiger partial charge in [-0.3, -0.25) is 0 Å². The molecule has 3 rings (SSSR count). The first-order chi connectivity index (χ1) is 5.22. The molecular formula is C10H16S. The molecule has 0 aromatic heterocycles.